The average molecular weight is 500 g/mol. The molecule has 0 radical (unpaired) electrons. The molecular weight excluding hydrogens is 474 g/mol. The van der Waals surface area contributed by atoms with Gasteiger partial charge >= 0.3 is 6.18 Å². The fourth-order valence-corrected chi connectivity index (χ4v) is 4.16. The molecule has 1 fully saturated rings. The zero-order valence-corrected chi connectivity index (χ0v) is 20.0. The third kappa shape index (κ3) is 4.69. The van der Waals surface area contributed by atoms with Crippen molar-refractivity contribution in [1.82, 2.24) is 29.3 Å². The summed E-state index contributed by atoms with van der Waals surface area (Å²) in [4.78, 5) is 8.69. The van der Waals surface area contributed by atoms with Crippen LogP contribution in [-0.2, 0) is 0 Å². The van der Waals surface area contributed by atoms with Crippen molar-refractivity contribution in [2.45, 2.75) is 57.8 Å². The second kappa shape index (κ2) is 9.03. The number of alkyl halides is 3. The lowest BCUT2D eigenvalue weighted by Crippen LogP contribution is -2.29. The highest BCUT2D eigenvalue weighted by Gasteiger charge is 2.43. The van der Waals surface area contributed by atoms with E-state index in [1.807, 2.05) is 13.8 Å². The van der Waals surface area contributed by atoms with Crippen LogP contribution in [0, 0.1) is 12.7 Å². The summed E-state index contributed by atoms with van der Waals surface area (Å²) in [6.07, 6.45) is 2.19. The number of anilines is 1. The van der Waals surface area contributed by atoms with Crippen LogP contribution in [0.4, 0.5) is 23.4 Å². The van der Waals surface area contributed by atoms with Gasteiger partial charge in [-0.2, -0.15) is 13.2 Å². The average Bonchev–Trinajstić information content (AvgIpc) is 3.34. The molecule has 0 aliphatic heterocycles. The quantitative estimate of drug-likeness (QED) is 0.309. The number of pyridine rings is 1. The van der Waals surface area contributed by atoms with Crippen molar-refractivity contribution in [1.29, 1.82) is 0 Å². The van der Waals surface area contributed by atoms with Crippen LogP contribution in [0.5, 0.6) is 0 Å². The number of nitrogens with one attached hydrogen (secondary N) is 1. The summed E-state index contributed by atoms with van der Waals surface area (Å²) in [5.41, 5.74) is 1.66. The molecule has 0 amide bonds. The van der Waals surface area contributed by atoms with Crippen molar-refractivity contribution in [3.63, 3.8) is 0 Å². The molecule has 1 aliphatic rings. The van der Waals surface area contributed by atoms with Crippen LogP contribution < -0.4 is 5.32 Å². The molecule has 0 saturated heterocycles. The van der Waals surface area contributed by atoms with Gasteiger partial charge in [0.25, 0.3) is 0 Å². The minimum Gasteiger partial charge on any atom is -0.355 e. The molecule has 0 spiro atoms. The maximum absolute atomic E-state index is 15.0. The third-order valence-corrected chi connectivity index (χ3v) is 6.23. The summed E-state index contributed by atoms with van der Waals surface area (Å²) in [6, 6.07) is 4.67. The molecule has 1 unspecified atom stereocenters. The molecule has 1 aromatic carbocycles. The second-order valence-corrected chi connectivity index (χ2v) is 9.32. The van der Waals surface area contributed by atoms with E-state index in [0.717, 1.165) is 24.6 Å². The Kier molecular flexibility index (Phi) is 6.01. The first-order valence-electron chi connectivity index (χ1n) is 11.7. The Bertz CT molecular complexity index is 1390. The Morgan fingerprint density at radius 2 is 1.89 bits per heavy atom. The number of benzene rings is 1. The zero-order valence-electron chi connectivity index (χ0n) is 20.0. The molecule has 3 aromatic heterocycles. The van der Waals surface area contributed by atoms with Gasteiger partial charge in [0.1, 0.15) is 23.7 Å². The number of hydrogen-bond donors (Lipinski definition) is 1. The first-order valence-corrected chi connectivity index (χ1v) is 11.7. The maximum Gasteiger partial charge on any atom is 0.412 e. The molecule has 3 heterocycles. The van der Waals surface area contributed by atoms with E-state index in [4.69, 9.17) is 0 Å². The fourth-order valence-electron chi connectivity index (χ4n) is 4.16. The minimum absolute atomic E-state index is 0.0278. The van der Waals surface area contributed by atoms with Crippen LogP contribution in [0.1, 0.15) is 61.5 Å². The van der Waals surface area contributed by atoms with E-state index < -0.39 is 23.6 Å². The highest BCUT2D eigenvalue weighted by molar-refractivity contribution is 5.55. The lowest BCUT2D eigenvalue weighted by molar-refractivity contribution is -0.144. The first-order chi connectivity index (χ1) is 17.1. The summed E-state index contributed by atoms with van der Waals surface area (Å²) in [6.45, 7) is 5.52. The molecule has 7 nitrogen and oxygen atoms in total. The third-order valence-electron chi connectivity index (χ3n) is 6.23. The van der Waals surface area contributed by atoms with E-state index in [2.05, 4.69) is 25.5 Å². The lowest BCUT2D eigenvalue weighted by atomic mass is 10.0. The Balaban J connectivity index is 1.51. The summed E-state index contributed by atoms with van der Waals surface area (Å²) >= 11 is 0. The number of imidazole rings is 1. The molecule has 1 atom stereocenters. The lowest BCUT2D eigenvalue weighted by Gasteiger charge is -2.24. The van der Waals surface area contributed by atoms with E-state index in [1.54, 1.807) is 40.7 Å². The topological polar surface area (TPSA) is 73.5 Å². The molecule has 1 N–H and O–H groups in total. The van der Waals surface area contributed by atoms with Crippen molar-refractivity contribution in [3.8, 4) is 17.2 Å². The molecule has 0 bridgehead atoms. The van der Waals surface area contributed by atoms with Gasteiger partial charge in [-0.05, 0) is 63.4 Å². The predicted octanol–water partition coefficient (Wildman–Crippen LogP) is 6.15. The molecule has 1 saturated carbocycles. The summed E-state index contributed by atoms with van der Waals surface area (Å²) in [5.74, 6) is -0.207. The Morgan fingerprint density at radius 3 is 2.58 bits per heavy atom. The number of aromatic nitrogens is 6. The van der Waals surface area contributed by atoms with Gasteiger partial charge in [-0.3, -0.25) is 0 Å². The van der Waals surface area contributed by atoms with Gasteiger partial charge in [0.2, 0.25) is 0 Å². The number of halogens is 4. The van der Waals surface area contributed by atoms with Gasteiger partial charge in [-0.25, -0.2) is 14.4 Å². The van der Waals surface area contributed by atoms with Gasteiger partial charge in [-0.15, -0.1) is 10.2 Å². The molecule has 11 heteroatoms. The first kappa shape index (κ1) is 24.0. The highest BCUT2D eigenvalue weighted by atomic mass is 19.4. The van der Waals surface area contributed by atoms with Gasteiger partial charge < -0.3 is 14.5 Å². The van der Waals surface area contributed by atoms with Crippen LogP contribution in [-0.4, -0.2) is 35.5 Å². The van der Waals surface area contributed by atoms with E-state index in [-0.39, 0.29) is 11.9 Å². The summed E-state index contributed by atoms with van der Waals surface area (Å²) < 4.78 is 61.2. The van der Waals surface area contributed by atoms with E-state index in [1.165, 1.54) is 18.5 Å². The SMILES string of the molecule is Cc1cc(F)c(C(Nc2cccc(-c3nncn3C(C)C)n2)C(F)(F)F)cc1-n1cnc(C2CC2)c1. The minimum atomic E-state index is -4.79. The van der Waals surface area contributed by atoms with E-state index in [9.17, 15) is 13.2 Å². The van der Waals surface area contributed by atoms with Crippen molar-refractivity contribution in [2.24, 2.45) is 0 Å². The smallest absolute Gasteiger partial charge is 0.355 e. The maximum atomic E-state index is 15.0. The predicted molar refractivity (Wildman–Crippen MR) is 126 cm³/mol. The Hall–Kier alpha value is -3.76. The van der Waals surface area contributed by atoms with Crippen LogP contribution >= 0.6 is 0 Å². The van der Waals surface area contributed by atoms with Crippen LogP contribution in [0.25, 0.3) is 17.2 Å². The Labute approximate surface area is 205 Å². The normalized spacial score (nSPS) is 14.9. The largest absolute Gasteiger partial charge is 0.412 e. The summed E-state index contributed by atoms with van der Waals surface area (Å²) in [7, 11) is 0. The molecule has 188 valence electrons. The molecule has 36 heavy (non-hydrogen) atoms. The summed E-state index contributed by atoms with van der Waals surface area (Å²) in [5, 5.41) is 10.3. The molecule has 4 aromatic rings. The zero-order chi connectivity index (χ0) is 25.6. The molecular formula is C25H25F4N7. The molecule has 5 rings (SSSR count). The number of hydrogen-bond acceptors (Lipinski definition) is 5. The van der Waals surface area contributed by atoms with Gasteiger partial charge in [-0.1, -0.05) is 6.07 Å². The highest BCUT2D eigenvalue weighted by Crippen LogP contribution is 2.40. The van der Waals surface area contributed by atoms with Gasteiger partial charge in [0.05, 0.1) is 12.0 Å². The Morgan fingerprint density at radius 1 is 1.11 bits per heavy atom. The van der Waals surface area contributed by atoms with Crippen LogP contribution in [0.2, 0.25) is 0 Å². The van der Waals surface area contributed by atoms with Crippen LogP contribution in [0.15, 0.2) is 49.2 Å². The van der Waals surface area contributed by atoms with Crippen molar-refractivity contribution < 1.29 is 17.6 Å². The fraction of sp³-hybridized carbons (Fsp3) is 0.360. The standard InChI is InChI=1S/C25H25F4N7/c1-14(2)36-13-31-34-24(36)19-5-4-6-22(32-19)33-23(25(27,28)29)17-10-21(15(3)9-18(17)26)35-11-20(30-12-35)16-7-8-16/h4-6,9-14,16,23H,7-8H2,1-3H3,(H,32,33). The number of nitrogens with zero attached hydrogens (tertiary/aromatic N) is 6. The number of aryl methyl sites for hydroxylation is 1. The van der Waals surface area contributed by atoms with Crippen LogP contribution in [0.3, 0.4) is 0 Å². The van der Waals surface area contributed by atoms with E-state index >= 15 is 4.39 Å². The second-order valence-electron chi connectivity index (χ2n) is 9.32. The van der Waals surface area contributed by atoms with Gasteiger partial charge in [0, 0.05) is 29.4 Å². The van der Waals surface area contributed by atoms with Crippen molar-refractivity contribution in [2.75, 3.05) is 5.32 Å². The van der Waals surface area contributed by atoms with Crippen molar-refractivity contribution in [3.05, 3.63) is 71.8 Å². The van der Waals surface area contributed by atoms with Gasteiger partial charge in [0.15, 0.2) is 11.9 Å². The van der Waals surface area contributed by atoms with E-state index in [0.29, 0.717) is 28.7 Å². The molecule has 1 aliphatic carbocycles. The van der Waals surface area contributed by atoms with Crippen molar-refractivity contribution >= 4 is 5.82 Å². The monoisotopic (exact) mass is 499 g/mol. The number of rotatable bonds is 7.